The first kappa shape index (κ1) is 45.4. The Morgan fingerprint density at radius 2 is 1.54 bits per heavy atom. The van der Waals surface area contributed by atoms with Gasteiger partial charge in [-0.15, -0.1) is 5.10 Å². The van der Waals surface area contributed by atoms with E-state index in [1.54, 1.807) is 41.1 Å². The van der Waals surface area contributed by atoms with Crippen LogP contribution >= 0.6 is 23.2 Å². The number of likely N-dealkylation sites (tertiary alicyclic amines) is 1. The van der Waals surface area contributed by atoms with Gasteiger partial charge in [-0.05, 0) is 69.3 Å². The van der Waals surface area contributed by atoms with Crippen molar-refractivity contribution >= 4 is 64.3 Å². The van der Waals surface area contributed by atoms with Crippen LogP contribution in [0.3, 0.4) is 0 Å². The molecule has 3 aliphatic rings. The molecule has 2 fully saturated rings. The number of H-pyrrole nitrogens is 1. The van der Waals surface area contributed by atoms with Gasteiger partial charge in [-0.3, -0.25) is 48.8 Å². The van der Waals surface area contributed by atoms with Crippen LogP contribution in [0.1, 0.15) is 131 Å². The van der Waals surface area contributed by atoms with E-state index in [9.17, 15) is 28.8 Å². The van der Waals surface area contributed by atoms with Gasteiger partial charge < -0.3 is 20.3 Å². The fourth-order valence-electron chi connectivity index (χ4n) is 8.29. The van der Waals surface area contributed by atoms with Crippen molar-refractivity contribution in [2.24, 2.45) is 0 Å². The van der Waals surface area contributed by atoms with E-state index in [4.69, 9.17) is 27.9 Å². The largest absolute Gasteiger partial charge is 0.493 e. The van der Waals surface area contributed by atoms with Gasteiger partial charge in [0.1, 0.15) is 17.5 Å². The van der Waals surface area contributed by atoms with Crippen LogP contribution < -0.4 is 20.7 Å². The molecule has 5 heterocycles. The molecule has 3 aliphatic heterocycles. The van der Waals surface area contributed by atoms with Gasteiger partial charge in [0.2, 0.25) is 11.8 Å². The number of nitrogens with zero attached hydrogens (tertiary/aromatic N) is 6. The molecule has 1 unspecified atom stereocenters. The number of amides is 6. The lowest BCUT2D eigenvalue weighted by Crippen LogP contribution is -2.54. The SMILES string of the molecule is O=C1CCC(N2C(=O)c3cccc(OCCCn4cc(CCCCCCCCCCN5CCC(NC(=O)c6[nH]ncc6NC(=O)c6c(Cl)cccc6Cl)CC5)nn4)c3C2=O)C(=O)N1. The number of hydrogen-bond donors (Lipinski definition) is 4. The lowest BCUT2D eigenvalue weighted by Gasteiger charge is -2.32. The number of nitrogens with one attached hydrogen (secondary N) is 4. The number of unbranched alkanes of at least 4 members (excludes halogenated alkanes) is 7. The molecule has 0 saturated carbocycles. The van der Waals surface area contributed by atoms with Crippen molar-refractivity contribution in [3.05, 3.63) is 86.9 Å². The van der Waals surface area contributed by atoms with Crippen LogP contribution in [-0.4, -0.2) is 109 Å². The monoisotopic (exact) mass is 902 g/mol. The van der Waals surface area contributed by atoms with Crippen LogP contribution in [0.4, 0.5) is 5.69 Å². The number of aromatic nitrogens is 5. The third-order valence-electron chi connectivity index (χ3n) is 11.7. The summed E-state index contributed by atoms with van der Waals surface area (Å²) in [7, 11) is 0. The first-order valence-electron chi connectivity index (χ1n) is 21.8. The standard InChI is InChI=1S/C44H52Cl2N10O7/c45-31-14-10-15-32(46)38(31)41(59)49-33-26-47-52-39(33)42(60)48-28-19-23-54(24-20-28)21-8-6-4-2-1-3-5-7-12-29-27-55(53-51-29)22-11-25-63-35-16-9-13-30-37(35)44(62)56(43(30)61)34-17-18-36(57)50-40(34)58/h9-10,13-16,26-28,34H,1-8,11-12,17-25H2,(H,47,52)(H,48,60)(H,49,59)(H,50,57,58). The number of hydrogen-bond acceptors (Lipinski definition) is 11. The summed E-state index contributed by atoms with van der Waals surface area (Å²) in [6.07, 6.45) is 16.1. The van der Waals surface area contributed by atoms with E-state index in [0.29, 0.717) is 13.0 Å². The van der Waals surface area contributed by atoms with Gasteiger partial charge in [0.25, 0.3) is 23.6 Å². The highest BCUT2D eigenvalue weighted by Gasteiger charge is 2.46. The van der Waals surface area contributed by atoms with Gasteiger partial charge in [-0.2, -0.15) is 5.10 Å². The molecule has 4 aromatic rings. The highest BCUT2D eigenvalue weighted by molar-refractivity contribution is 6.40. The predicted octanol–water partition coefficient (Wildman–Crippen LogP) is 5.99. The van der Waals surface area contributed by atoms with Crippen molar-refractivity contribution in [3.63, 3.8) is 0 Å². The minimum absolute atomic E-state index is 0.0355. The van der Waals surface area contributed by atoms with Crippen LogP contribution in [0.15, 0.2) is 48.8 Å². The Balaban J connectivity index is 0.700. The molecule has 2 saturated heterocycles. The van der Waals surface area contributed by atoms with Crippen molar-refractivity contribution in [3.8, 4) is 5.75 Å². The summed E-state index contributed by atoms with van der Waals surface area (Å²) in [5.41, 5.74) is 1.84. The molecule has 0 radical (unpaired) electrons. The maximum absolute atomic E-state index is 13.3. The fourth-order valence-corrected chi connectivity index (χ4v) is 8.86. The molecule has 0 spiro atoms. The van der Waals surface area contributed by atoms with Crippen LogP contribution in [-0.2, 0) is 22.6 Å². The zero-order valence-corrected chi connectivity index (χ0v) is 36.5. The molecular weight excluding hydrogens is 851 g/mol. The molecule has 334 valence electrons. The number of fused-ring (bicyclic) bond motifs is 1. The number of carbonyl (C=O) groups is 6. The normalized spacial score (nSPS) is 16.9. The molecule has 6 amide bonds. The molecular formula is C44H52Cl2N10O7. The molecule has 2 aromatic heterocycles. The van der Waals surface area contributed by atoms with Crippen molar-refractivity contribution in [1.29, 1.82) is 0 Å². The maximum Gasteiger partial charge on any atom is 0.271 e. The first-order chi connectivity index (χ1) is 30.6. The molecule has 7 rings (SSSR count). The molecule has 2 aromatic carbocycles. The molecule has 0 bridgehead atoms. The smallest absolute Gasteiger partial charge is 0.271 e. The molecule has 19 heteroatoms. The van der Waals surface area contributed by atoms with Crippen LogP contribution in [0.2, 0.25) is 10.0 Å². The van der Waals surface area contributed by atoms with Gasteiger partial charge in [0.05, 0.1) is 50.9 Å². The minimum atomic E-state index is -1.03. The fraction of sp³-hybridized carbons (Fsp3) is 0.477. The Morgan fingerprint density at radius 1 is 0.825 bits per heavy atom. The van der Waals surface area contributed by atoms with E-state index in [-0.39, 0.29) is 75.3 Å². The number of aromatic amines is 1. The van der Waals surface area contributed by atoms with Gasteiger partial charge in [0.15, 0.2) is 0 Å². The predicted molar refractivity (Wildman–Crippen MR) is 234 cm³/mol. The Labute approximate surface area is 374 Å². The third kappa shape index (κ3) is 11.5. The van der Waals surface area contributed by atoms with Gasteiger partial charge in [0, 0.05) is 44.7 Å². The lowest BCUT2D eigenvalue weighted by atomic mass is 10.0. The van der Waals surface area contributed by atoms with Crippen molar-refractivity contribution in [1.82, 2.24) is 45.6 Å². The Hall–Kier alpha value is -5.65. The number of rotatable bonds is 21. The Bertz CT molecular complexity index is 2290. The summed E-state index contributed by atoms with van der Waals surface area (Å²) >= 11 is 12.3. The Morgan fingerprint density at radius 3 is 2.29 bits per heavy atom. The van der Waals surface area contributed by atoms with Gasteiger partial charge in [-0.25, -0.2) is 0 Å². The van der Waals surface area contributed by atoms with E-state index in [1.165, 1.54) is 38.3 Å². The van der Waals surface area contributed by atoms with Crippen LogP contribution in [0.5, 0.6) is 5.75 Å². The maximum atomic E-state index is 13.3. The number of anilines is 1. The minimum Gasteiger partial charge on any atom is -0.493 e. The van der Waals surface area contributed by atoms with Crippen molar-refractivity contribution < 1.29 is 33.5 Å². The number of imide groups is 2. The molecule has 63 heavy (non-hydrogen) atoms. The topological polar surface area (TPSA) is 214 Å². The summed E-state index contributed by atoms with van der Waals surface area (Å²) < 4.78 is 7.73. The van der Waals surface area contributed by atoms with Crippen LogP contribution in [0.25, 0.3) is 0 Å². The average molecular weight is 904 g/mol. The van der Waals surface area contributed by atoms with Crippen molar-refractivity contribution in [2.45, 2.75) is 109 Å². The third-order valence-corrected chi connectivity index (χ3v) is 12.3. The number of carbonyl (C=O) groups excluding carboxylic acids is 6. The highest BCUT2D eigenvalue weighted by atomic mass is 35.5. The molecule has 0 aliphatic carbocycles. The number of aryl methyl sites for hydroxylation is 2. The molecule has 4 N–H and O–H groups in total. The zero-order valence-electron chi connectivity index (χ0n) is 35.0. The van der Waals surface area contributed by atoms with Gasteiger partial charge in [-0.1, -0.05) is 79.1 Å². The summed E-state index contributed by atoms with van der Waals surface area (Å²) in [5, 5.41) is 23.6. The Kier molecular flexibility index (Phi) is 15.6. The van der Waals surface area contributed by atoms with E-state index in [1.807, 2.05) is 6.20 Å². The summed E-state index contributed by atoms with van der Waals surface area (Å²) in [5.74, 6) is -2.79. The quantitative estimate of drug-likeness (QED) is 0.0563. The molecule has 1 atom stereocenters. The van der Waals surface area contributed by atoms with Crippen LogP contribution in [0, 0.1) is 0 Å². The number of ether oxygens (including phenoxy) is 1. The number of piperidine rings is 2. The summed E-state index contributed by atoms with van der Waals surface area (Å²) in [6, 6.07) is 8.64. The molecule has 17 nitrogen and oxygen atoms in total. The number of halogens is 2. The summed E-state index contributed by atoms with van der Waals surface area (Å²) in [6.45, 7) is 3.76. The second-order valence-corrected chi connectivity index (χ2v) is 17.0. The zero-order chi connectivity index (χ0) is 44.3. The lowest BCUT2D eigenvalue weighted by molar-refractivity contribution is -0.136. The first-order valence-corrected chi connectivity index (χ1v) is 22.5. The average Bonchev–Trinajstić information content (AvgIpc) is 3.99. The highest BCUT2D eigenvalue weighted by Crippen LogP contribution is 2.34. The van der Waals surface area contributed by atoms with Crippen molar-refractivity contribution in [2.75, 3.05) is 31.6 Å². The van der Waals surface area contributed by atoms with E-state index in [0.717, 1.165) is 68.8 Å². The van der Waals surface area contributed by atoms with Gasteiger partial charge >= 0.3 is 0 Å². The van der Waals surface area contributed by atoms with E-state index < -0.39 is 35.6 Å². The van der Waals surface area contributed by atoms with E-state index in [2.05, 4.69) is 41.4 Å². The summed E-state index contributed by atoms with van der Waals surface area (Å²) in [4.78, 5) is 79.6. The van der Waals surface area contributed by atoms with E-state index >= 15 is 0 Å². The second-order valence-electron chi connectivity index (χ2n) is 16.2. The number of benzene rings is 2. The second kappa shape index (κ2) is 21.6.